The van der Waals surface area contributed by atoms with Crippen molar-refractivity contribution in [1.29, 1.82) is 0 Å². The van der Waals surface area contributed by atoms with Gasteiger partial charge in [-0.1, -0.05) is 17.7 Å². The summed E-state index contributed by atoms with van der Waals surface area (Å²) < 4.78 is 11.1. The highest BCUT2D eigenvalue weighted by Crippen LogP contribution is 2.31. The SMILES string of the molecule is CN(Cc1ccc2c(c1)OCCO2)C(=O)Nc1ccc(N2CCNC(=O)C2)c(Cl)c1. The van der Waals surface area contributed by atoms with Crippen LogP contribution in [0.25, 0.3) is 0 Å². The van der Waals surface area contributed by atoms with Gasteiger partial charge < -0.3 is 29.9 Å². The highest BCUT2D eigenvalue weighted by atomic mass is 35.5. The van der Waals surface area contributed by atoms with E-state index in [-0.39, 0.29) is 18.5 Å². The maximum absolute atomic E-state index is 12.6. The Labute approximate surface area is 179 Å². The zero-order valence-corrected chi connectivity index (χ0v) is 17.4. The Kier molecular flexibility index (Phi) is 5.85. The largest absolute Gasteiger partial charge is 0.486 e. The molecule has 2 heterocycles. The Hall–Kier alpha value is -3.13. The minimum Gasteiger partial charge on any atom is -0.486 e. The van der Waals surface area contributed by atoms with Gasteiger partial charge >= 0.3 is 6.03 Å². The van der Waals surface area contributed by atoms with Crippen molar-refractivity contribution >= 4 is 34.9 Å². The lowest BCUT2D eigenvalue weighted by Gasteiger charge is -2.29. The Bertz CT molecular complexity index is 968. The number of urea groups is 1. The fourth-order valence-electron chi connectivity index (χ4n) is 3.44. The molecule has 0 radical (unpaired) electrons. The maximum atomic E-state index is 12.6. The molecule has 1 saturated heterocycles. The third kappa shape index (κ3) is 4.54. The zero-order chi connectivity index (χ0) is 21.1. The molecule has 3 amide bonds. The molecule has 2 aromatic rings. The second-order valence-electron chi connectivity index (χ2n) is 7.20. The van der Waals surface area contributed by atoms with Crippen LogP contribution in [0.2, 0.25) is 5.02 Å². The molecule has 2 aliphatic heterocycles. The number of carbonyl (C=O) groups excluding carboxylic acids is 2. The molecule has 2 N–H and O–H groups in total. The lowest BCUT2D eigenvalue weighted by Crippen LogP contribution is -2.47. The summed E-state index contributed by atoms with van der Waals surface area (Å²) in [5.41, 5.74) is 2.30. The van der Waals surface area contributed by atoms with Crippen molar-refractivity contribution in [2.24, 2.45) is 0 Å². The third-order valence-corrected chi connectivity index (χ3v) is 5.25. The molecule has 158 valence electrons. The average molecular weight is 431 g/mol. The van der Waals surface area contributed by atoms with Crippen molar-refractivity contribution in [2.45, 2.75) is 6.54 Å². The summed E-state index contributed by atoms with van der Waals surface area (Å²) in [5.74, 6) is 1.38. The summed E-state index contributed by atoms with van der Waals surface area (Å²) in [4.78, 5) is 27.7. The first-order valence-corrected chi connectivity index (χ1v) is 10.1. The first-order chi connectivity index (χ1) is 14.5. The second kappa shape index (κ2) is 8.71. The minimum atomic E-state index is -0.258. The Morgan fingerprint density at radius 2 is 2.00 bits per heavy atom. The van der Waals surface area contributed by atoms with Crippen molar-refractivity contribution in [3.8, 4) is 11.5 Å². The molecule has 30 heavy (non-hydrogen) atoms. The lowest BCUT2D eigenvalue weighted by atomic mass is 10.2. The monoisotopic (exact) mass is 430 g/mol. The molecule has 0 atom stereocenters. The first-order valence-electron chi connectivity index (χ1n) is 9.71. The van der Waals surface area contributed by atoms with E-state index in [1.165, 1.54) is 0 Å². The summed E-state index contributed by atoms with van der Waals surface area (Å²) in [6.45, 7) is 3.02. The molecule has 9 heteroatoms. The van der Waals surface area contributed by atoms with E-state index < -0.39 is 0 Å². The number of halogens is 1. The van der Waals surface area contributed by atoms with Gasteiger partial charge in [0.25, 0.3) is 0 Å². The predicted molar refractivity (Wildman–Crippen MR) is 115 cm³/mol. The van der Waals surface area contributed by atoms with Gasteiger partial charge in [0, 0.05) is 32.4 Å². The standard InChI is InChI=1S/C21H23ClN4O4/c1-25(12-14-2-5-18-19(10-14)30-9-8-29-18)21(28)24-15-3-4-17(16(22)11-15)26-7-6-23-20(27)13-26/h2-5,10-11H,6-9,12-13H2,1H3,(H,23,27)(H,24,28). The summed E-state index contributed by atoms with van der Waals surface area (Å²) in [6.07, 6.45) is 0. The number of amides is 3. The summed E-state index contributed by atoms with van der Waals surface area (Å²) in [7, 11) is 1.72. The minimum absolute atomic E-state index is 0.0320. The van der Waals surface area contributed by atoms with Crippen molar-refractivity contribution in [2.75, 3.05) is 50.1 Å². The van der Waals surface area contributed by atoms with Crippen LogP contribution in [0.15, 0.2) is 36.4 Å². The van der Waals surface area contributed by atoms with E-state index in [1.54, 1.807) is 24.1 Å². The molecule has 2 aromatic carbocycles. The van der Waals surface area contributed by atoms with E-state index in [9.17, 15) is 9.59 Å². The van der Waals surface area contributed by atoms with E-state index in [2.05, 4.69) is 10.6 Å². The molecular formula is C21H23ClN4O4. The Balaban J connectivity index is 1.38. The molecule has 0 bridgehead atoms. The zero-order valence-electron chi connectivity index (χ0n) is 16.6. The van der Waals surface area contributed by atoms with Crippen molar-refractivity contribution in [3.63, 3.8) is 0 Å². The Morgan fingerprint density at radius 1 is 1.20 bits per heavy atom. The van der Waals surface area contributed by atoms with Crippen LogP contribution < -0.4 is 25.0 Å². The normalized spacial score (nSPS) is 15.4. The number of benzene rings is 2. The Morgan fingerprint density at radius 3 is 2.77 bits per heavy atom. The van der Waals surface area contributed by atoms with Crippen LogP contribution in [0.5, 0.6) is 11.5 Å². The van der Waals surface area contributed by atoms with E-state index in [0.717, 1.165) is 17.0 Å². The van der Waals surface area contributed by atoms with Gasteiger partial charge in [-0.25, -0.2) is 4.79 Å². The van der Waals surface area contributed by atoms with Gasteiger partial charge in [0.05, 0.1) is 17.3 Å². The van der Waals surface area contributed by atoms with Crippen LogP contribution in [0.1, 0.15) is 5.56 Å². The molecule has 0 unspecified atom stereocenters. The number of ether oxygens (including phenoxy) is 2. The topological polar surface area (TPSA) is 83.1 Å². The fraction of sp³-hybridized carbons (Fsp3) is 0.333. The van der Waals surface area contributed by atoms with Gasteiger partial charge in [0.2, 0.25) is 5.91 Å². The summed E-state index contributed by atoms with van der Waals surface area (Å²) in [5, 5.41) is 6.12. The van der Waals surface area contributed by atoms with Gasteiger partial charge in [-0.15, -0.1) is 0 Å². The molecule has 0 aliphatic carbocycles. The van der Waals surface area contributed by atoms with Crippen LogP contribution in [0.3, 0.4) is 0 Å². The van der Waals surface area contributed by atoms with Crippen LogP contribution >= 0.6 is 11.6 Å². The van der Waals surface area contributed by atoms with Gasteiger partial charge in [-0.2, -0.15) is 0 Å². The molecule has 4 rings (SSSR count). The predicted octanol–water partition coefficient (Wildman–Crippen LogP) is 2.71. The number of anilines is 2. The third-order valence-electron chi connectivity index (χ3n) is 4.95. The quantitative estimate of drug-likeness (QED) is 0.779. The average Bonchev–Trinajstić information content (AvgIpc) is 2.73. The van der Waals surface area contributed by atoms with Crippen molar-refractivity contribution in [3.05, 3.63) is 47.0 Å². The number of rotatable bonds is 4. The van der Waals surface area contributed by atoms with Crippen LogP contribution in [0.4, 0.5) is 16.2 Å². The number of nitrogens with one attached hydrogen (secondary N) is 2. The van der Waals surface area contributed by atoms with E-state index in [4.69, 9.17) is 21.1 Å². The highest BCUT2D eigenvalue weighted by molar-refractivity contribution is 6.33. The molecule has 0 spiro atoms. The maximum Gasteiger partial charge on any atom is 0.321 e. The van der Waals surface area contributed by atoms with E-state index in [0.29, 0.717) is 49.3 Å². The molecule has 1 fully saturated rings. The van der Waals surface area contributed by atoms with E-state index >= 15 is 0 Å². The number of fused-ring (bicyclic) bond motifs is 1. The summed E-state index contributed by atoms with van der Waals surface area (Å²) in [6, 6.07) is 10.7. The smallest absolute Gasteiger partial charge is 0.321 e. The van der Waals surface area contributed by atoms with E-state index in [1.807, 2.05) is 29.2 Å². The lowest BCUT2D eigenvalue weighted by molar-refractivity contribution is -0.120. The number of carbonyl (C=O) groups is 2. The van der Waals surface area contributed by atoms with Gasteiger partial charge in [-0.05, 0) is 35.9 Å². The molecule has 2 aliphatic rings. The van der Waals surface area contributed by atoms with Crippen LogP contribution in [-0.2, 0) is 11.3 Å². The first kappa shape index (κ1) is 20.2. The highest BCUT2D eigenvalue weighted by Gasteiger charge is 2.19. The second-order valence-corrected chi connectivity index (χ2v) is 7.61. The number of hydrogen-bond donors (Lipinski definition) is 2. The number of piperazine rings is 1. The summed E-state index contributed by atoms with van der Waals surface area (Å²) >= 11 is 6.41. The molecule has 0 saturated carbocycles. The van der Waals surface area contributed by atoms with Crippen molar-refractivity contribution < 1.29 is 19.1 Å². The van der Waals surface area contributed by atoms with Gasteiger partial charge in [0.1, 0.15) is 13.2 Å². The molecule has 0 aromatic heterocycles. The molecule has 8 nitrogen and oxygen atoms in total. The van der Waals surface area contributed by atoms with Gasteiger partial charge in [-0.3, -0.25) is 4.79 Å². The van der Waals surface area contributed by atoms with Crippen LogP contribution in [-0.4, -0.2) is 56.7 Å². The number of hydrogen-bond acceptors (Lipinski definition) is 5. The fourth-order valence-corrected chi connectivity index (χ4v) is 3.74. The van der Waals surface area contributed by atoms with Gasteiger partial charge in [0.15, 0.2) is 11.5 Å². The molecular weight excluding hydrogens is 408 g/mol. The number of nitrogens with zero attached hydrogens (tertiary/aromatic N) is 2. The van der Waals surface area contributed by atoms with Crippen molar-refractivity contribution in [1.82, 2.24) is 10.2 Å². The van der Waals surface area contributed by atoms with Crippen LogP contribution in [0, 0.1) is 0 Å².